The van der Waals surface area contributed by atoms with E-state index in [-0.39, 0.29) is 5.91 Å². The highest BCUT2D eigenvalue weighted by molar-refractivity contribution is 5.99. The summed E-state index contributed by atoms with van der Waals surface area (Å²) in [4.78, 5) is 12.3. The maximum atomic E-state index is 12.3. The van der Waals surface area contributed by atoms with Gasteiger partial charge in [-0.15, -0.1) is 10.1 Å². The van der Waals surface area contributed by atoms with Crippen LogP contribution in [0.25, 0.3) is 0 Å². The molecule has 106 valence electrons. The van der Waals surface area contributed by atoms with Gasteiger partial charge in [0.2, 0.25) is 5.71 Å². The van der Waals surface area contributed by atoms with Gasteiger partial charge in [-0.1, -0.05) is 43.3 Å². The van der Waals surface area contributed by atoms with E-state index in [0.717, 1.165) is 19.4 Å². The molecule has 0 atom stereocenters. The summed E-state index contributed by atoms with van der Waals surface area (Å²) >= 11 is 0. The lowest BCUT2D eigenvalue weighted by Crippen LogP contribution is -2.42. The van der Waals surface area contributed by atoms with Gasteiger partial charge in [0.25, 0.3) is 0 Å². The first-order valence-electron chi connectivity index (χ1n) is 7.37. The minimum atomic E-state index is -0.0547. The second kappa shape index (κ2) is 5.92. The molecule has 1 amide bonds. The highest BCUT2D eigenvalue weighted by Crippen LogP contribution is 2.16. The van der Waals surface area contributed by atoms with Gasteiger partial charge >= 0.3 is 5.91 Å². The molecular weight excluding hydrogens is 260 g/mol. The molecule has 3 rings (SSSR count). The number of nitrogens with one attached hydrogen (secondary N) is 1. The fourth-order valence-corrected chi connectivity index (χ4v) is 2.81. The molecule has 0 spiro atoms. The monoisotopic (exact) mass is 279 g/mol. The number of nitrogens with zero attached hydrogens (tertiary/aromatic N) is 1. The normalized spacial score (nSPS) is 13.8. The summed E-state index contributed by atoms with van der Waals surface area (Å²) in [5.41, 5.74) is 7.51. The summed E-state index contributed by atoms with van der Waals surface area (Å²) in [5.74, 6) is -0.0547. The molecule has 3 heteroatoms. The van der Waals surface area contributed by atoms with Crippen molar-refractivity contribution in [2.45, 2.75) is 19.8 Å². The third-order valence-electron chi connectivity index (χ3n) is 3.87. The zero-order valence-electron chi connectivity index (χ0n) is 12.2. The quantitative estimate of drug-likeness (QED) is 0.861. The number of hydrogen-bond acceptors (Lipinski definition) is 1. The van der Waals surface area contributed by atoms with Crippen LogP contribution in [0.4, 0.5) is 0 Å². The van der Waals surface area contributed by atoms with Crippen molar-refractivity contribution < 1.29 is 9.48 Å². The Balaban J connectivity index is 1.91. The van der Waals surface area contributed by atoms with E-state index < -0.39 is 0 Å². The van der Waals surface area contributed by atoms with Crippen LogP contribution < -0.4 is 5.43 Å². The minimum absolute atomic E-state index is 0.0547. The topological polar surface area (TPSA) is 32.1 Å². The summed E-state index contributed by atoms with van der Waals surface area (Å²) in [7, 11) is 0. The zero-order chi connectivity index (χ0) is 14.7. The van der Waals surface area contributed by atoms with E-state index in [4.69, 9.17) is 0 Å². The van der Waals surface area contributed by atoms with E-state index in [1.807, 2.05) is 35.0 Å². The molecule has 1 heterocycles. The van der Waals surface area contributed by atoms with Crippen molar-refractivity contribution in [1.82, 2.24) is 5.43 Å². The average molecular weight is 279 g/mol. The first-order valence-corrected chi connectivity index (χ1v) is 7.37. The molecule has 21 heavy (non-hydrogen) atoms. The molecule has 1 aliphatic heterocycles. The highest BCUT2D eigenvalue weighted by atomic mass is 16.2. The van der Waals surface area contributed by atoms with Crippen molar-refractivity contribution in [2.24, 2.45) is 0 Å². The van der Waals surface area contributed by atoms with E-state index in [9.17, 15) is 4.79 Å². The fourth-order valence-electron chi connectivity index (χ4n) is 2.81. The van der Waals surface area contributed by atoms with Gasteiger partial charge in [0, 0.05) is 24.0 Å². The van der Waals surface area contributed by atoms with Gasteiger partial charge in [0.05, 0.1) is 0 Å². The number of carbonyl (C=O) groups is 1. The summed E-state index contributed by atoms with van der Waals surface area (Å²) in [6, 6.07) is 17.8. The first kappa shape index (κ1) is 13.6. The molecule has 0 radical (unpaired) electrons. The van der Waals surface area contributed by atoms with Crippen molar-refractivity contribution in [2.75, 3.05) is 6.54 Å². The van der Waals surface area contributed by atoms with Crippen LogP contribution in [-0.2, 0) is 6.42 Å². The van der Waals surface area contributed by atoms with Crippen LogP contribution in [-0.4, -0.2) is 22.8 Å². The maximum absolute atomic E-state index is 12.3. The summed E-state index contributed by atoms with van der Waals surface area (Å²) in [6.07, 6.45) is 1.85. The molecule has 0 fully saturated rings. The van der Waals surface area contributed by atoms with Gasteiger partial charge in [0.15, 0.2) is 6.54 Å². The van der Waals surface area contributed by atoms with Crippen LogP contribution in [0.15, 0.2) is 54.6 Å². The van der Waals surface area contributed by atoms with Gasteiger partial charge in [0.1, 0.15) is 0 Å². The molecule has 0 unspecified atom stereocenters. The Kier molecular flexibility index (Phi) is 3.82. The van der Waals surface area contributed by atoms with Crippen LogP contribution in [0.2, 0.25) is 0 Å². The lowest BCUT2D eigenvalue weighted by molar-refractivity contribution is -0.574. The fraction of sp³-hybridized carbons (Fsp3) is 0.222. The summed E-state index contributed by atoms with van der Waals surface area (Å²) < 4.78 is 2.00. The van der Waals surface area contributed by atoms with Gasteiger partial charge in [-0.3, -0.25) is 4.79 Å². The lowest BCUT2D eigenvalue weighted by Gasteiger charge is -2.17. The Bertz CT molecular complexity index is 689. The molecule has 0 saturated heterocycles. The molecular formula is C18H19N2O+. The molecule has 2 aromatic carbocycles. The Hall–Kier alpha value is -2.42. The van der Waals surface area contributed by atoms with Crippen molar-refractivity contribution in [3.63, 3.8) is 0 Å². The van der Waals surface area contributed by atoms with Crippen molar-refractivity contribution >= 4 is 11.6 Å². The van der Waals surface area contributed by atoms with Crippen LogP contribution in [0.5, 0.6) is 0 Å². The Morgan fingerprint density at radius 2 is 1.81 bits per heavy atom. The standard InChI is InChI=1S/C18H18N2O/c1-2-17-16-11-7-6-8-14(16)12-13-20(17)19-18(21)15-9-4-3-5-10-15/h3-11H,2,12-13H2,1H3/p+1. The van der Waals surface area contributed by atoms with Gasteiger partial charge in [-0.2, -0.15) is 0 Å². The van der Waals surface area contributed by atoms with Crippen LogP contribution >= 0.6 is 0 Å². The van der Waals surface area contributed by atoms with Crippen molar-refractivity contribution in [3.8, 4) is 0 Å². The van der Waals surface area contributed by atoms with Gasteiger partial charge in [-0.05, 0) is 23.8 Å². The number of benzene rings is 2. The lowest BCUT2D eigenvalue weighted by atomic mass is 9.96. The van der Waals surface area contributed by atoms with Gasteiger partial charge in [-0.25, -0.2) is 0 Å². The maximum Gasteiger partial charge on any atom is 0.304 e. The number of hydrogen-bond donors (Lipinski definition) is 1. The third kappa shape index (κ3) is 2.72. The number of rotatable bonds is 3. The predicted molar refractivity (Wildman–Crippen MR) is 83.6 cm³/mol. The molecule has 1 N–H and O–H groups in total. The first-order chi connectivity index (χ1) is 10.3. The SMILES string of the molecule is CCC1=[N+](NC(=O)c2ccccc2)CCc2ccccc21. The highest BCUT2D eigenvalue weighted by Gasteiger charge is 2.26. The summed E-state index contributed by atoms with van der Waals surface area (Å²) in [6.45, 7) is 2.94. The molecule has 1 aliphatic rings. The molecule has 0 aliphatic carbocycles. The van der Waals surface area contributed by atoms with Crippen LogP contribution in [0, 0.1) is 0 Å². The number of amides is 1. The number of fused-ring (bicyclic) bond motifs is 1. The smallest absolute Gasteiger partial charge is 0.264 e. The van der Waals surface area contributed by atoms with E-state index >= 15 is 0 Å². The van der Waals surface area contributed by atoms with Gasteiger partial charge < -0.3 is 0 Å². The molecule has 2 aromatic rings. The Morgan fingerprint density at radius 1 is 1.10 bits per heavy atom. The van der Waals surface area contributed by atoms with Crippen LogP contribution in [0.1, 0.15) is 34.8 Å². The number of carbonyl (C=O) groups excluding carboxylic acids is 1. The van der Waals surface area contributed by atoms with E-state index in [1.54, 1.807) is 0 Å². The van der Waals surface area contributed by atoms with E-state index in [1.165, 1.54) is 16.8 Å². The van der Waals surface area contributed by atoms with E-state index in [2.05, 4.69) is 36.6 Å². The predicted octanol–water partition coefficient (Wildman–Crippen LogP) is 2.80. The molecule has 0 saturated carbocycles. The number of hydrazone groups is 1. The second-order valence-electron chi connectivity index (χ2n) is 5.17. The zero-order valence-corrected chi connectivity index (χ0v) is 12.2. The van der Waals surface area contributed by atoms with Crippen molar-refractivity contribution in [3.05, 3.63) is 71.3 Å². The minimum Gasteiger partial charge on any atom is -0.264 e. The third-order valence-corrected chi connectivity index (χ3v) is 3.87. The Morgan fingerprint density at radius 3 is 2.57 bits per heavy atom. The molecule has 0 aromatic heterocycles. The number of hydrazine groups is 1. The average Bonchev–Trinajstić information content (AvgIpc) is 2.55. The Labute approximate surface area is 124 Å². The second-order valence-corrected chi connectivity index (χ2v) is 5.17. The molecule has 0 bridgehead atoms. The summed E-state index contributed by atoms with van der Waals surface area (Å²) in [5, 5.41) is 0. The van der Waals surface area contributed by atoms with Crippen molar-refractivity contribution in [1.29, 1.82) is 0 Å². The van der Waals surface area contributed by atoms with Crippen LogP contribution in [0.3, 0.4) is 0 Å². The largest absolute Gasteiger partial charge is 0.304 e. The molecule has 3 nitrogen and oxygen atoms in total. The van der Waals surface area contributed by atoms with E-state index in [0.29, 0.717) is 5.56 Å².